The van der Waals surface area contributed by atoms with Crippen LogP contribution < -0.4 is 5.32 Å². The van der Waals surface area contributed by atoms with Crippen LogP contribution >= 0.6 is 33.9 Å². The number of hydrogen-bond donors (Lipinski definition) is 1. The molecule has 0 saturated heterocycles. The maximum absolute atomic E-state index is 12.5. The minimum absolute atomic E-state index is 0.159. The molecule has 1 atom stereocenters. The first-order chi connectivity index (χ1) is 9.93. The van der Waals surface area contributed by atoms with Gasteiger partial charge in [0, 0.05) is 4.88 Å². The van der Waals surface area contributed by atoms with E-state index in [1.54, 1.807) is 11.3 Å². The van der Waals surface area contributed by atoms with Crippen molar-refractivity contribution in [2.24, 2.45) is 0 Å². The van der Waals surface area contributed by atoms with Gasteiger partial charge in [-0.05, 0) is 65.6 Å². The van der Waals surface area contributed by atoms with E-state index in [0.717, 1.165) is 25.3 Å². The first-order valence-corrected chi connectivity index (χ1v) is 8.41. The Balaban J connectivity index is 1.78. The quantitative estimate of drug-likeness (QED) is 0.666. The maximum atomic E-state index is 12.5. The number of aryl methyl sites for hydroxylation is 1. The molecule has 0 aliphatic heterocycles. The van der Waals surface area contributed by atoms with Crippen LogP contribution in [0.25, 0.3) is 0 Å². The average Bonchev–Trinajstić information content (AvgIpc) is 2.80. The molecule has 0 saturated carbocycles. The van der Waals surface area contributed by atoms with Crippen molar-refractivity contribution in [3.8, 4) is 0 Å². The van der Waals surface area contributed by atoms with Crippen molar-refractivity contribution in [3.05, 3.63) is 43.4 Å². The summed E-state index contributed by atoms with van der Waals surface area (Å²) in [5.74, 6) is 0. The lowest BCUT2D eigenvalue weighted by Crippen LogP contribution is -2.16. The molecule has 2 aromatic rings. The molecule has 0 bridgehead atoms. The second-order valence-corrected chi connectivity index (χ2v) is 7.98. The molecule has 2 nitrogen and oxygen atoms in total. The van der Waals surface area contributed by atoms with E-state index in [1.807, 2.05) is 0 Å². The minimum Gasteiger partial charge on any atom is -0.377 e. The Kier molecular flexibility index (Phi) is 4.13. The van der Waals surface area contributed by atoms with Gasteiger partial charge in [0.1, 0.15) is 5.69 Å². The highest BCUT2D eigenvalue weighted by Crippen LogP contribution is 2.38. The topological polar surface area (TPSA) is 24.9 Å². The van der Waals surface area contributed by atoms with Crippen molar-refractivity contribution in [2.45, 2.75) is 31.5 Å². The highest BCUT2D eigenvalue weighted by molar-refractivity contribution is 14.1. The largest absolute Gasteiger partial charge is 0.433 e. The van der Waals surface area contributed by atoms with Gasteiger partial charge in [-0.15, -0.1) is 11.3 Å². The third-order valence-electron chi connectivity index (χ3n) is 3.48. The van der Waals surface area contributed by atoms with Crippen LogP contribution in [0.5, 0.6) is 0 Å². The van der Waals surface area contributed by atoms with E-state index in [9.17, 15) is 13.2 Å². The Labute approximate surface area is 137 Å². The fourth-order valence-electron chi connectivity index (χ4n) is 2.52. The van der Waals surface area contributed by atoms with E-state index in [2.05, 4.69) is 39.0 Å². The number of anilines is 1. The van der Waals surface area contributed by atoms with Gasteiger partial charge < -0.3 is 5.32 Å². The van der Waals surface area contributed by atoms with Crippen LogP contribution in [0.15, 0.2) is 24.4 Å². The Hall–Kier alpha value is -0.830. The van der Waals surface area contributed by atoms with Gasteiger partial charge in [-0.2, -0.15) is 13.2 Å². The lowest BCUT2D eigenvalue weighted by Gasteiger charge is -2.24. The molecule has 2 aromatic heterocycles. The van der Waals surface area contributed by atoms with Crippen molar-refractivity contribution in [1.82, 2.24) is 4.98 Å². The van der Waals surface area contributed by atoms with Crippen LogP contribution in [0.4, 0.5) is 18.9 Å². The number of rotatable bonds is 2. The second kappa shape index (κ2) is 5.75. The van der Waals surface area contributed by atoms with E-state index >= 15 is 0 Å². The van der Waals surface area contributed by atoms with Crippen molar-refractivity contribution < 1.29 is 13.2 Å². The summed E-state index contributed by atoms with van der Waals surface area (Å²) in [6, 6.07) is 4.78. The number of hydrogen-bond acceptors (Lipinski definition) is 3. The summed E-state index contributed by atoms with van der Waals surface area (Å²) >= 11 is 4.10. The van der Waals surface area contributed by atoms with Crippen molar-refractivity contribution in [3.63, 3.8) is 0 Å². The normalized spacial score (nSPS) is 18.4. The molecular weight excluding hydrogens is 412 g/mol. The molecule has 0 fully saturated rings. The third kappa shape index (κ3) is 3.33. The zero-order chi connectivity index (χ0) is 15.0. The SMILES string of the molecule is FC(F)(F)c1ccc(NC2CCCc3sc(I)cc32)cn1. The molecule has 1 unspecified atom stereocenters. The van der Waals surface area contributed by atoms with Crippen molar-refractivity contribution in [1.29, 1.82) is 0 Å². The fourth-order valence-corrected chi connectivity index (χ4v) is 4.64. The van der Waals surface area contributed by atoms with Crippen LogP contribution in [-0.4, -0.2) is 4.98 Å². The first kappa shape index (κ1) is 15.1. The maximum Gasteiger partial charge on any atom is 0.433 e. The van der Waals surface area contributed by atoms with Gasteiger partial charge in [-0.25, -0.2) is 4.98 Å². The minimum atomic E-state index is -4.39. The van der Waals surface area contributed by atoms with Gasteiger partial charge >= 0.3 is 6.18 Å². The van der Waals surface area contributed by atoms with Crippen LogP contribution in [0.3, 0.4) is 0 Å². The van der Waals surface area contributed by atoms with Crippen LogP contribution in [0.1, 0.15) is 35.0 Å². The van der Waals surface area contributed by atoms with E-state index in [4.69, 9.17) is 0 Å². The Bertz CT molecular complexity index is 637. The standard InChI is InChI=1S/C14H12F3IN2S/c15-14(16,17)12-5-4-8(7-19-12)20-10-2-1-3-11-9(10)6-13(18)21-11/h4-7,10,20H,1-3H2. The van der Waals surface area contributed by atoms with Crippen LogP contribution in [0.2, 0.25) is 0 Å². The molecule has 0 aromatic carbocycles. The van der Waals surface area contributed by atoms with E-state index in [1.165, 1.54) is 25.6 Å². The average molecular weight is 424 g/mol. The number of thiophene rings is 1. The lowest BCUT2D eigenvalue weighted by molar-refractivity contribution is -0.141. The molecule has 1 N–H and O–H groups in total. The van der Waals surface area contributed by atoms with Gasteiger partial charge in [0.25, 0.3) is 0 Å². The van der Waals surface area contributed by atoms with Gasteiger partial charge in [-0.1, -0.05) is 0 Å². The number of alkyl halides is 3. The molecule has 21 heavy (non-hydrogen) atoms. The predicted octanol–water partition coefficient (Wildman–Crippen LogP) is 5.26. The zero-order valence-electron chi connectivity index (χ0n) is 10.9. The molecule has 0 spiro atoms. The Morgan fingerprint density at radius 2 is 2.14 bits per heavy atom. The molecule has 112 valence electrons. The van der Waals surface area contributed by atoms with Crippen molar-refractivity contribution in [2.75, 3.05) is 5.32 Å². The number of pyridine rings is 1. The first-order valence-electron chi connectivity index (χ1n) is 6.51. The van der Waals surface area contributed by atoms with Crippen LogP contribution in [0, 0.1) is 2.88 Å². The second-order valence-electron chi connectivity index (χ2n) is 4.95. The van der Waals surface area contributed by atoms with Gasteiger partial charge in [0.2, 0.25) is 0 Å². The highest BCUT2D eigenvalue weighted by atomic mass is 127. The number of nitrogens with one attached hydrogen (secondary N) is 1. The van der Waals surface area contributed by atoms with Gasteiger partial charge in [0.05, 0.1) is 20.8 Å². The summed E-state index contributed by atoms with van der Waals surface area (Å²) in [4.78, 5) is 4.87. The number of aromatic nitrogens is 1. The summed E-state index contributed by atoms with van der Waals surface area (Å²) in [5.41, 5.74) is 1.04. The molecule has 2 heterocycles. The van der Waals surface area contributed by atoms with E-state index in [0.29, 0.717) is 5.69 Å². The fraction of sp³-hybridized carbons (Fsp3) is 0.357. The molecule has 3 rings (SSSR count). The monoisotopic (exact) mass is 424 g/mol. The number of fused-ring (bicyclic) bond motifs is 1. The van der Waals surface area contributed by atoms with E-state index in [-0.39, 0.29) is 6.04 Å². The lowest BCUT2D eigenvalue weighted by atomic mass is 9.94. The number of nitrogens with zero attached hydrogens (tertiary/aromatic N) is 1. The summed E-state index contributed by atoms with van der Waals surface area (Å²) in [6.45, 7) is 0. The zero-order valence-corrected chi connectivity index (χ0v) is 13.8. The Morgan fingerprint density at radius 3 is 2.81 bits per heavy atom. The summed E-state index contributed by atoms with van der Waals surface area (Å²) in [5, 5.41) is 3.30. The van der Waals surface area contributed by atoms with Gasteiger partial charge in [-0.3, -0.25) is 0 Å². The molecular formula is C14H12F3IN2S. The highest BCUT2D eigenvalue weighted by Gasteiger charge is 2.32. The smallest absolute Gasteiger partial charge is 0.377 e. The Morgan fingerprint density at radius 1 is 1.33 bits per heavy atom. The summed E-state index contributed by atoms with van der Waals surface area (Å²) < 4.78 is 38.7. The molecule has 0 radical (unpaired) electrons. The van der Waals surface area contributed by atoms with Gasteiger partial charge in [0.15, 0.2) is 0 Å². The molecule has 0 amide bonds. The van der Waals surface area contributed by atoms with Crippen LogP contribution in [-0.2, 0) is 12.6 Å². The third-order valence-corrected chi connectivity index (χ3v) is 5.45. The summed E-state index contributed by atoms with van der Waals surface area (Å²) in [6.07, 6.45) is 0.0387. The number of halogens is 4. The summed E-state index contributed by atoms with van der Waals surface area (Å²) in [7, 11) is 0. The van der Waals surface area contributed by atoms with Crippen molar-refractivity contribution >= 4 is 39.6 Å². The molecule has 7 heteroatoms. The molecule has 1 aliphatic rings. The predicted molar refractivity (Wildman–Crippen MR) is 85.6 cm³/mol. The molecule has 1 aliphatic carbocycles. The van der Waals surface area contributed by atoms with E-state index < -0.39 is 11.9 Å².